The molecule has 4 rings (SSSR count). The number of amides is 2. The fourth-order valence-corrected chi connectivity index (χ4v) is 4.83. The van der Waals surface area contributed by atoms with Crippen LogP contribution in [0, 0.1) is 0 Å². The van der Waals surface area contributed by atoms with Gasteiger partial charge in [-0.1, -0.05) is 31.0 Å². The molecule has 1 aliphatic rings. The van der Waals surface area contributed by atoms with Gasteiger partial charge in [0.25, 0.3) is 0 Å². The second-order valence-electron chi connectivity index (χ2n) is 7.23. The summed E-state index contributed by atoms with van der Waals surface area (Å²) < 4.78 is 2.94. The molecule has 8 heteroatoms. The minimum Gasteiger partial charge on any atom is -0.337 e. The van der Waals surface area contributed by atoms with Crippen molar-refractivity contribution in [3.8, 4) is 0 Å². The van der Waals surface area contributed by atoms with Gasteiger partial charge in [-0.2, -0.15) is 11.8 Å². The maximum absolute atomic E-state index is 12.4. The zero-order chi connectivity index (χ0) is 20.1. The zero-order valence-corrected chi connectivity index (χ0v) is 17.0. The Balaban J connectivity index is 1.31. The largest absolute Gasteiger partial charge is 0.350 e. The summed E-state index contributed by atoms with van der Waals surface area (Å²) in [6.45, 7) is 0.999. The number of carbonyl (C=O) groups is 1. The van der Waals surface area contributed by atoms with Gasteiger partial charge < -0.3 is 10.6 Å². The fraction of sp³-hybridized carbons (Fsp3) is 0.381. The summed E-state index contributed by atoms with van der Waals surface area (Å²) in [5.74, 6) is 0.939. The molecule has 0 radical (unpaired) electrons. The van der Waals surface area contributed by atoms with Crippen molar-refractivity contribution in [1.29, 1.82) is 0 Å². The van der Waals surface area contributed by atoms with Crippen molar-refractivity contribution < 1.29 is 4.79 Å². The van der Waals surface area contributed by atoms with Gasteiger partial charge in [0.1, 0.15) is 0 Å². The van der Waals surface area contributed by atoms with E-state index in [1.165, 1.54) is 34.8 Å². The Bertz CT molecular complexity index is 1040. The number of aromatic nitrogens is 3. The fourth-order valence-electron chi connectivity index (χ4n) is 3.61. The second kappa shape index (κ2) is 9.17. The van der Waals surface area contributed by atoms with Crippen LogP contribution in [0.2, 0.25) is 0 Å². The summed E-state index contributed by atoms with van der Waals surface area (Å²) in [5.41, 5.74) is 2.02. The molecule has 0 bridgehead atoms. The Kier molecular flexibility index (Phi) is 6.19. The first-order valence-electron chi connectivity index (χ1n) is 9.99. The Labute approximate surface area is 173 Å². The normalized spacial score (nSPS) is 14.3. The van der Waals surface area contributed by atoms with Gasteiger partial charge in [0.05, 0.1) is 6.54 Å². The first-order chi connectivity index (χ1) is 14.2. The third kappa shape index (κ3) is 5.00. The topological polar surface area (TPSA) is 80.4 Å². The van der Waals surface area contributed by atoms with E-state index in [1.54, 1.807) is 18.3 Å². The Morgan fingerprint density at radius 3 is 2.86 bits per heavy atom. The number of nitrogens with zero attached hydrogens (tertiary/aromatic N) is 3. The van der Waals surface area contributed by atoms with E-state index in [-0.39, 0.29) is 11.7 Å². The third-order valence-electron chi connectivity index (χ3n) is 5.05. The number of rotatable bonds is 7. The average Bonchev–Trinajstić information content (AvgIpc) is 3.34. The van der Waals surface area contributed by atoms with Gasteiger partial charge in [-0.05, 0) is 42.7 Å². The van der Waals surface area contributed by atoms with E-state index in [1.807, 2.05) is 42.1 Å². The average molecular weight is 412 g/mol. The summed E-state index contributed by atoms with van der Waals surface area (Å²) in [5, 5.41) is 10.9. The SMILES string of the molecule is O=C(NCCSC1CCCC1)Nc1cccc(Cn2nc3ccccn3c2=O)c1. The number of hydrogen-bond acceptors (Lipinski definition) is 4. The van der Waals surface area contributed by atoms with Gasteiger partial charge in [0, 0.05) is 29.4 Å². The van der Waals surface area contributed by atoms with Crippen molar-refractivity contribution >= 4 is 29.1 Å². The van der Waals surface area contributed by atoms with Gasteiger partial charge in [-0.15, -0.1) is 5.10 Å². The van der Waals surface area contributed by atoms with Crippen LogP contribution in [0.4, 0.5) is 10.5 Å². The molecule has 0 saturated heterocycles. The van der Waals surface area contributed by atoms with E-state index in [9.17, 15) is 9.59 Å². The number of thioether (sulfide) groups is 1. The molecule has 1 aromatic carbocycles. The maximum atomic E-state index is 12.4. The molecule has 2 heterocycles. The van der Waals surface area contributed by atoms with Crippen molar-refractivity contribution in [3.63, 3.8) is 0 Å². The Hall–Kier alpha value is -2.74. The molecule has 0 spiro atoms. The van der Waals surface area contributed by atoms with Crippen LogP contribution in [0.5, 0.6) is 0 Å². The molecular weight excluding hydrogens is 386 g/mol. The molecule has 0 atom stereocenters. The predicted octanol–water partition coefficient (Wildman–Crippen LogP) is 3.34. The molecule has 152 valence electrons. The summed E-state index contributed by atoms with van der Waals surface area (Å²) in [7, 11) is 0. The number of urea groups is 1. The van der Waals surface area contributed by atoms with Crippen LogP contribution in [0.1, 0.15) is 31.2 Å². The van der Waals surface area contributed by atoms with Crippen LogP contribution < -0.4 is 16.3 Å². The molecule has 1 fully saturated rings. The molecule has 1 saturated carbocycles. The first-order valence-corrected chi connectivity index (χ1v) is 11.0. The summed E-state index contributed by atoms with van der Waals surface area (Å²) in [6, 6.07) is 12.7. The summed E-state index contributed by atoms with van der Waals surface area (Å²) >= 11 is 1.96. The van der Waals surface area contributed by atoms with E-state index < -0.39 is 0 Å². The number of nitrogens with one attached hydrogen (secondary N) is 2. The van der Waals surface area contributed by atoms with Crippen molar-refractivity contribution in [3.05, 3.63) is 64.7 Å². The number of benzene rings is 1. The van der Waals surface area contributed by atoms with E-state index in [2.05, 4.69) is 15.7 Å². The van der Waals surface area contributed by atoms with Gasteiger partial charge in [0.15, 0.2) is 5.65 Å². The van der Waals surface area contributed by atoms with Crippen molar-refractivity contribution in [2.24, 2.45) is 0 Å². The lowest BCUT2D eigenvalue weighted by Gasteiger charge is -2.11. The van der Waals surface area contributed by atoms with Crippen LogP contribution >= 0.6 is 11.8 Å². The quantitative estimate of drug-likeness (QED) is 0.585. The number of hydrogen-bond donors (Lipinski definition) is 2. The Morgan fingerprint density at radius 1 is 1.17 bits per heavy atom. The lowest BCUT2D eigenvalue weighted by atomic mass is 10.2. The van der Waals surface area contributed by atoms with E-state index in [0.717, 1.165) is 16.6 Å². The minimum atomic E-state index is -0.209. The lowest BCUT2D eigenvalue weighted by Crippen LogP contribution is -2.30. The highest BCUT2D eigenvalue weighted by molar-refractivity contribution is 7.99. The number of carbonyl (C=O) groups excluding carboxylic acids is 1. The van der Waals surface area contributed by atoms with Crippen LogP contribution in [-0.4, -0.2) is 37.8 Å². The van der Waals surface area contributed by atoms with Crippen LogP contribution in [0.25, 0.3) is 5.65 Å². The van der Waals surface area contributed by atoms with E-state index in [4.69, 9.17) is 0 Å². The Morgan fingerprint density at radius 2 is 2.03 bits per heavy atom. The van der Waals surface area contributed by atoms with Gasteiger partial charge in [-0.25, -0.2) is 14.3 Å². The molecule has 1 aliphatic carbocycles. The molecule has 29 heavy (non-hydrogen) atoms. The van der Waals surface area contributed by atoms with Gasteiger partial charge >= 0.3 is 11.7 Å². The molecular formula is C21H25N5O2S. The number of anilines is 1. The van der Waals surface area contributed by atoms with Crippen molar-refractivity contribution in [1.82, 2.24) is 19.5 Å². The molecule has 0 unspecified atom stereocenters. The third-order valence-corrected chi connectivity index (χ3v) is 6.43. The molecule has 2 N–H and O–H groups in total. The van der Waals surface area contributed by atoms with Gasteiger partial charge in [0.2, 0.25) is 0 Å². The second-order valence-corrected chi connectivity index (χ2v) is 8.64. The highest BCUT2D eigenvalue weighted by Gasteiger charge is 2.14. The monoisotopic (exact) mass is 411 g/mol. The standard InChI is InChI=1S/C21H25N5O2S/c27-20(22-11-13-29-18-8-1-2-9-18)23-17-7-5-6-16(14-17)15-26-21(28)25-12-4-3-10-19(25)24-26/h3-7,10,12,14,18H,1-2,8-9,11,13,15H2,(H2,22,23,27). The molecule has 2 amide bonds. The molecule has 7 nitrogen and oxygen atoms in total. The lowest BCUT2D eigenvalue weighted by molar-refractivity contribution is 0.252. The van der Waals surface area contributed by atoms with E-state index >= 15 is 0 Å². The number of fused-ring (bicyclic) bond motifs is 1. The zero-order valence-electron chi connectivity index (χ0n) is 16.2. The maximum Gasteiger partial charge on any atom is 0.350 e. The van der Waals surface area contributed by atoms with Crippen LogP contribution in [-0.2, 0) is 6.54 Å². The minimum absolute atomic E-state index is 0.184. The highest BCUT2D eigenvalue weighted by Crippen LogP contribution is 2.28. The van der Waals surface area contributed by atoms with Crippen molar-refractivity contribution in [2.75, 3.05) is 17.6 Å². The predicted molar refractivity (Wildman–Crippen MR) is 117 cm³/mol. The highest BCUT2D eigenvalue weighted by atomic mass is 32.2. The van der Waals surface area contributed by atoms with Crippen molar-refractivity contribution in [2.45, 2.75) is 37.5 Å². The molecule has 2 aromatic heterocycles. The first kappa shape index (κ1) is 19.6. The summed E-state index contributed by atoms with van der Waals surface area (Å²) in [6.07, 6.45) is 6.98. The van der Waals surface area contributed by atoms with Gasteiger partial charge in [-0.3, -0.25) is 4.40 Å². The number of pyridine rings is 1. The van der Waals surface area contributed by atoms with Crippen LogP contribution in [0.3, 0.4) is 0 Å². The van der Waals surface area contributed by atoms with E-state index in [0.29, 0.717) is 24.4 Å². The smallest absolute Gasteiger partial charge is 0.337 e. The molecule has 0 aliphatic heterocycles. The van der Waals surface area contributed by atoms with Crippen LogP contribution in [0.15, 0.2) is 53.5 Å². The summed E-state index contributed by atoms with van der Waals surface area (Å²) in [4.78, 5) is 24.6. The molecule has 3 aromatic rings.